The number of hydrogen-bond donors (Lipinski definition) is 1. The van der Waals surface area contributed by atoms with Gasteiger partial charge < -0.3 is 19.5 Å². The van der Waals surface area contributed by atoms with E-state index in [-0.39, 0.29) is 24.7 Å². The third-order valence-corrected chi connectivity index (χ3v) is 5.09. The number of hydrogen-bond acceptors (Lipinski definition) is 5. The number of benzene rings is 2. The standard InChI is InChI=1S/C25H31NO5/c1-4-29-25(28)23-22(31-23)24(27)26-20(15-17(2)3)21(19-13-9-6-10-14-19)30-16-18-11-7-5-8-12-18/h5-14,17,20-23H,4,15-16H2,1-3H3,(H,26,27)/t20-,21+,22-,23-/m0/s1. The van der Waals surface area contributed by atoms with Gasteiger partial charge in [0.1, 0.15) is 6.10 Å². The zero-order valence-electron chi connectivity index (χ0n) is 18.3. The summed E-state index contributed by atoms with van der Waals surface area (Å²) in [7, 11) is 0. The van der Waals surface area contributed by atoms with Crippen LogP contribution in [0.1, 0.15) is 44.4 Å². The van der Waals surface area contributed by atoms with Crippen LogP contribution in [-0.4, -0.2) is 36.7 Å². The Bertz CT molecular complexity index is 840. The number of nitrogens with one attached hydrogen (secondary N) is 1. The lowest BCUT2D eigenvalue weighted by Gasteiger charge is -2.30. The highest BCUT2D eigenvalue weighted by Crippen LogP contribution is 2.29. The van der Waals surface area contributed by atoms with Crippen LogP contribution in [0.15, 0.2) is 60.7 Å². The molecule has 1 aliphatic heterocycles. The van der Waals surface area contributed by atoms with E-state index in [0.717, 1.165) is 17.5 Å². The number of rotatable bonds is 11. The molecule has 2 aromatic carbocycles. The van der Waals surface area contributed by atoms with Crippen LogP contribution in [0.3, 0.4) is 0 Å². The Kier molecular flexibility index (Phi) is 8.20. The Hall–Kier alpha value is -2.70. The summed E-state index contributed by atoms with van der Waals surface area (Å²) in [5.74, 6) is -0.478. The summed E-state index contributed by atoms with van der Waals surface area (Å²) < 4.78 is 16.6. The van der Waals surface area contributed by atoms with Crippen molar-refractivity contribution in [2.24, 2.45) is 5.92 Å². The van der Waals surface area contributed by atoms with E-state index in [1.54, 1.807) is 6.92 Å². The normalized spacial score (nSPS) is 19.5. The van der Waals surface area contributed by atoms with Crippen LogP contribution in [0.5, 0.6) is 0 Å². The summed E-state index contributed by atoms with van der Waals surface area (Å²) in [6.45, 7) is 6.62. The first-order valence-corrected chi connectivity index (χ1v) is 10.8. The number of esters is 1. The lowest BCUT2D eigenvalue weighted by molar-refractivity contribution is -0.144. The Balaban J connectivity index is 1.74. The van der Waals surface area contributed by atoms with E-state index >= 15 is 0 Å². The predicted octanol–water partition coefficient (Wildman–Crippen LogP) is 3.81. The molecule has 6 heteroatoms. The molecule has 6 nitrogen and oxygen atoms in total. The fraction of sp³-hybridized carbons (Fsp3) is 0.440. The molecule has 1 amide bonds. The minimum Gasteiger partial charge on any atom is -0.464 e. The number of carbonyl (C=O) groups excluding carboxylic acids is 2. The highest BCUT2D eigenvalue weighted by molar-refractivity contribution is 5.92. The summed E-state index contributed by atoms with van der Waals surface area (Å²) in [5, 5.41) is 3.08. The van der Waals surface area contributed by atoms with Crippen LogP contribution in [-0.2, 0) is 30.4 Å². The molecule has 1 saturated heterocycles. The lowest BCUT2D eigenvalue weighted by atomic mass is 9.94. The number of carbonyl (C=O) groups is 2. The van der Waals surface area contributed by atoms with Gasteiger partial charge in [0.2, 0.25) is 0 Å². The third kappa shape index (κ3) is 6.64. The van der Waals surface area contributed by atoms with Crippen molar-refractivity contribution in [1.29, 1.82) is 0 Å². The second kappa shape index (κ2) is 11.1. The molecule has 0 aliphatic carbocycles. The Labute approximate surface area is 183 Å². The van der Waals surface area contributed by atoms with Crippen molar-refractivity contribution in [2.75, 3.05) is 6.61 Å². The van der Waals surface area contributed by atoms with Crippen molar-refractivity contribution in [3.8, 4) is 0 Å². The highest BCUT2D eigenvalue weighted by Gasteiger charge is 2.52. The lowest BCUT2D eigenvalue weighted by Crippen LogP contribution is -2.43. The largest absolute Gasteiger partial charge is 0.464 e. The molecule has 0 bridgehead atoms. The average molecular weight is 426 g/mol. The second-order valence-electron chi connectivity index (χ2n) is 8.10. The first-order chi connectivity index (χ1) is 15.0. The molecule has 166 valence electrons. The van der Waals surface area contributed by atoms with E-state index in [1.165, 1.54) is 0 Å². The third-order valence-electron chi connectivity index (χ3n) is 5.09. The van der Waals surface area contributed by atoms with Gasteiger partial charge in [0.25, 0.3) is 5.91 Å². The maximum atomic E-state index is 12.8. The summed E-state index contributed by atoms with van der Waals surface area (Å²) in [6.07, 6.45) is -1.25. The van der Waals surface area contributed by atoms with E-state index in [0.29, 0.717) is 12.5 Å². The zero-order chi connectivity index (χ0) is 22.2. The summed E-state index contributed by atoms with van der Waals surface area (Å²) in [4.78, 5) is 24.7. The molecule has 1 fully saturated rings. The van der Waals surface area contributed by atoms with Gasteiger partial charge in [-0.15, -0.1) is 0 Å². The smallest absolute Gasteiger partial charge is 0.338 e. The van der Waals surface area contributed by atoms with E-state index in [9.17, 15) is 9.59 Å². The van der Waals surface area contributed by atoms with Crippen LogP contribution < -0.4 is 5.32 Å². The van der Waals surface area contributed by atoms with E-state index < -0.39 is 18.2 Å². The first kappa shape index (κ1) is 23.0. The fourth-order valence-corrected chi connectivity index (χ4v) is 3.59. The van der Waals surface area contributed by atoms with Gasteiger partial charge in [-0.05, 0) is 30.4 Å². The maximum Gasteiger partial charge on any atom is 0.338 e. The topological polar surface area (TPSA) is 77.2 Å². The van der Waals surface area contributed by atoms with E-state index in [2.05, 4.69) is 19.2 Å². The van der Waals surface area contributed by atoms with Crippen LogP contribution in [0.4, 0.5) is 0 Å². The van der Waals surface area contributed by atoms with Gasteiger partial charge >= 0.3 is 5.97 Å². The van der Waals surface area contributed by atoms with Crippen molar-refractivity contribution in [2.45, 2.75) is 58.2 Å². The van der Waals surface area contributed by atoms with Gasteiger partial charge in [0.15, 0.2) is 12.2 Å². The molecule has 0 saturated carbocycles. The quantitative estimate of drug-likeness (QED) is 0.438. The van der Waals surface area contributed by atoms with Crippen LogP contribution in [0.25, 0.3) is 0 Å². The van der Waals surface area contributed by atoms with E-state index in [1.807, 2.05) is 60.7 Å². The fourth-order valence-electron chi connectivity index (χ4n) is 3.59. The molecule has 31 heavy (non-hydrogen) atoms. The molecule has 1 heterocycles. The van der Waals surface area contributed by atoms with Crippen molar-refractivity contribution in [3.05, 3.63) is 71.8 Å². The zero-order valence-corrected chi connectivity index (χ0v) is 18.3. The molecule has 0 radical (unpaired) electrons. The molecule has 3 rings (SSSR count). The SMILES string of the molecule is CCOC(=O)[C@H]1O[C@@H]1C(=O)N[C@@H](CC(C)C)[C@H](OCc1ccccc1)c1ccccc1. The molecule has 2 aromatic rings. The second-order valence-corrected chi connectivity index (χ2v) is 8.10. The van der Waals surface area contributed by atoms with Crippen LogP contribution in [0, 0.1) is 5.92 Å². The minimum atomic E-state index is -0.819. The molecule has 4 atom stereocenters. The van der Waals surface area contributed by atoms with Gasteiger partial charge in [0, 0.05) is 0 Å². The summed E-state index contributed by atoms with van der Waals surface area (Å²) in [6, 6.07) is 19.6. The molecular formula is C25H31NO5. The highest BCUT2D eigenvalue weighted by atomic mass is 16.6. The van der Waals surface area contributed by atoms with Crippen molar-refractivity contribution in [3.63, 3.8) is 0 Å². The average Bonchev–Trinajstić information content (AvgIpc) is 3.56. The monoisotopic (exact) mass is 425 g/mol. The van der Waals surface area contributed by atoms with Crippen molar-refractivity contribution >= 4 is 11.9 Å². The van der Waals surface area contributed by atoms with E-state index in [4.69, 9.17) is 14.2 Å². The Morgan fingerprint density at radius 1 is 1.00 bits per heavy atom. The van der Waals surface area contributed by atoms with Crippen LogP contribution >= 0.6 is 0 Å². The van der Waals surface area contributed by atoms with Gasteiger partial charge in [0.05, 0.1) is 19.3 Å². The first-order valence-electron chi connectivity index (χ1n) is 10.8. The molecule has 0 unspecified atom stereocenters. The van der Waals surface area contributed by atoms with Crippen molar-refractivity contribution < 1.29 is 23.8 Å². The number of epoxide rings is 1. The van der Waals surface area contributed by atoms with Gasteiger partial charge in [-0.1, -0.05) is 74.5 Å². The summed E-state index contributed by atoms with van der Waals surface area (Å²) >= 11 is 0. The van der Waals surface area contributed by atoms with Crippen LogP contribution in [0.2, 0.25) is 0 Å². The van der Waals surface area contributed by atoms with Gasteiger partial charge in [-0.3, -0.25) is 4.79 Å². The number of amides is 1. The minimum absolute atomic E-state index is 0.256. The maximum absolute atomic E-state index is 12.8. The predicted molar refractivity (Wildman–Crippen MR) is 117 cm³/mol. The van der Waals surface area contributed by atoms with Crippen molar-refractivity contribution in [1.82, 2.24) is 5.32 Å². The molecule has 1 aliphatic rings. The van der Waals surface area contributed by atoms with Gasteiger partial charge in [-0.2, -0.15) is 0 Å². The number of ether oxygens (including phenoxy) is 3. The summed E-state index contributed by atoms with van der Waals surface area (Å²) in [5.41, 5.74) is 2.05. The molecular weight excluding hydrogens is 394 g/mol. The molecule has 0 aromatic heterocycles. The Morgan fingerprint density at radius 3 is 2.26 bits per heavy atom. The molecule has 0 spiro atoms. The Morgan fingerprint density at radius 2 is 1.65 bits per heavy atom. The van der Waals surface area contributed by atoms with Gasteiger partial charge in [-0.25, -0.2) is 4.79 Å². The molecule has 1 N–H and O–H groups in total.